The van der Waals surface area contributed by atoms with Gasteiger partial charge in [0.25, 0.3) is 0 Å². The molecule has 0 bridgehead atoms. The van der Waals surface area contributed by atoms with Gasteiger partial charge in [-0.15, -0.1) is 12.4 Å². The summed E-state index contributed by atoms with van der Waals surface area (Å²) in [5.41, 5.74) is 11.1. The number of aryl methyl sites for hydroxylation is 1. The number of rotatable bonds is 3. The van der Waals surface area contributed by atoms with E-state index in [2.05, 4.69) is 17.9 Å². The minimum atomic E-state index is -0.813. The van der Waals surface area contributed by atoms with Gasteiger partial charge in [0.15, 0.2) is 0 Å². The third-order valence-corrected chi connectivity index (χ3v) is 5.29. The Labute approximate surface area is 146 Å². The highest BCUT2D eigenvalue weighted by molar-refractivity contribution is 7.99. The number of benzene rings is 2. The Balaban J connectivity index is 0.00000192. The maximum atomic E-state index is 11.1. The Hall–Kier alpha value is -1.69. The van der Waals surface area contributed by atoms with E-state index in [1.165, 1.54) is 0 Å². The third-order valence-electron chi connectivity index (χ3n) is 3.95. The smallest absolute Gasteiger partial charge is 0.307 e. The molecule has 122 valence electrons. The standard InChI is InChI=1S/C17H18N2O2S.ClH/c1-10-6-7-11(8-14(20)21)17-15(10)19(2)13-5-3-4-12(9-18)16(13)22-17;/h3-7H,8-9,18H2,1-2H3,(H,20,21);1H. The van der Waals surface area contributed by atoms with Crippen molar-refractivity contribution in [3.63, 3.8) is 0 Å². The van der Waals surface area contributed by atoms with E-state index in [1.54, 1.807) is 11.8 Å². The van der Waals surface area contributed by atoms with Gasteiger partial charge in [-0.1, -0.05) is 36.0 Å². The molecule has 3 N–H and O–H groups in total. The quantitative estimate of drug-likeness (QED) is 0.882. The molecule has 0 radical (unpaired) electrons. The lowest BCUT2D eigenvalue weighted by molar-refractivity contribution is -0.136. The fourth-order valence-electron chi connectivity index (χ4n) is 2.88. The van der Waals surface area contributed by atoms with Gasteiger partial charge in [-0.25, -0.2) is 0 Å². The number of carboxylic acid groups (broad SMARTS) is 1. The number of carboxylic acids is 1. The Morgan fingerprint density at radius 1 is 1.22 bits per heavy atom. The van der Waals surface area contributed by atoms with Crippen molar-refractivity contribution in [3.8, 4) is 0 Å². The van der Waals surface area contributed by atoms with Crippen LogP contribution in [0.15, 0.2) is 40.1 Å². The molecule has 3 rings (SSSR count). The number of carbonyl (C=O) groups is 1. The van der Waals surface area contributed by atoms with Gasteiger partial charge in [0, 0.05) is 23.4 Å². The average Bonchev–Trinajstić information content (AvgIpc) is 2.49. The third kappa shape index (κ3) is 3.04. The molecule has 0 fully saturated rings. The lowest BCUT2D eigenvalue weighted by Gasteiger charge is -2.33. The summed E-state index contributed by atoms with van der Waals surface area (Å²) in [4.78, 5) is 15.4. The molecule has 0 saturated carbocycles. The van der Waals surface area contributed by atoms with Crippen molar-refractivity contribution in [2.75, 3.05) is 11.9 Å². The highest BCUT2D eigenvalue weighted by Gasteiger charge is 2.26. The van der Waals surface area contributed by atoms with Crippen LogP contribution in [0.4, 0.5) is 11.4 Å². The predicted octanol–water partition coefficient (Wildman–Crippen LogP) is 3.74. The second kappa shape index (κ2) is 6.83. The minimum absolute atomic E-state index is 0. The van der Waals surface area contributed by atoms with Crippen LogP contribution in [-0.2, 0) is 17.8 Å². The summed E-state index contributed by atoms with van der Waals surface area (Å²) in [5.74, 6) is -0.813. The van der Waals surface area contributed by atoms with Crippen LogP contribution in [0.1, 0.15) is 16.7 Å². The molecular weight excluding hydrogens is 332 g/mol. The molecule has 0 atom stereocenters. The van der Waals surface area contributed by atoms with Gasteiger partial charge in [0.1, 0.15) is 0 Å². The summed E-state index contributed by atoms with van der Waals surface area (Å²) in [7, 11) is 2.02. The van der Waals surface area contributed by atoms with Crippen molar-refractivity contribution in [1.82, 2.24) is 0 Å². The van der Waals surface area contributed by atoms with Crippen LogP contribution in [0, 0.1) is 6.92 Å². The molecule has 1 heterocycles. The van der Waals surface area contributed by atoms with Gasteiger partial charge in [0.05, 0.1) is 17.8 Å². The molecule has 4 nitrogen and oxygen atoms in total. The van der Waals surface area contributed by atoms with Crippen LogP contribution >= 0.6 is 24.2 Å². The fourth-order valence-corrected chi connectivity index (χ4v) is 4.34. The maximum absolute atomic E-state index is 11.1. The van der Waals surface area contributed by atoms with Crippen molar-refractivity contribution in [2.45, 2.75) is 29.7 Å². The SMILES string of the molecule is Cc1ccc(CC(=O)O)c2c1N(C)c1cccc(CN)c1S2.Cl. The Morgan fingerprint density at radius 3 is 2.61 bits per heavy atom. The average molecular weight is 351 g/mol. The molecule has 0 spiro atoms. The fraction of sp³-hybridized carbons (Fsp3) is 0.235. The van der Waals surface area contributed by atoms with E-state index < -0.39 is 5.97 Å². The number of halogens is 1. The van der Waals surface area contributed by atoms with Crippen LogP contribution < -0.4 is 10.6 Å². The maximum Gasteiger partial charge on any atom is 0.307 e. The van der Waals surface area contributed by atoms with E-state index >= 15 is 0 Å². The minimum Gasteiger partial charge on any atom is -0.481 e. The van der Waals surface area contributed by atoms with E-state index in [4.69, 9.17) is 10.8 Å². The topological polar surface area (TPSA) is 66.6 Å². The Bertz CT molecular complexity index is 764. The zero-order valence-corrected chi connectivity index (χ0v) is 14.6. The van der Waals surface area contributed by atoms with Crippen LogP contribution in [-0.4, -0.2) is 18.1 Å². The summed E-state index contributed by atoms with van der Waals surface area (Å²) in [5, 5.41) is 9.16. The number of nitrogens with two attached hydrogens (primary N) is 1. The number of hydrogen-bond acceptors (Lipinski definition) is 4. The number of fused-ring (bicyclic) bond motifs is 2. The lowest BCUT2D eigenvalue weighted by atomic mass is 10.0. The van der Waals surface area contributed by atoms with Gasteiger partial charge in [-0.2, -0.15) is 0 Å². The monoisotopic (exact) mass is 350 g/mol. The van der Waals surface area contributed by atoms with E-state index in [1.807, 2.05) is 31.3 Å². The summed E-state index contributed by atoms with van der Waals surface area (Å²) in [6, 6.07) is 10.0. The number of hydrogen-bond donors (Lipinski definition) is 2. The van der Waals surface area contributed by atoms with Crippen LogP contribution in [0.3, 0.4) is 0 Å². The molecule has 0 aromatic heterocycles. The van der Waals surface area contributed by atoms with Crippen molar-refractivity contribution >= 4 is 41.5 Å². The molecule has 6 heteroatoms. The summed E-state index contributed by atoms with van der Waals surface area (Å²) < 4.78 is 0. The first-order valence-electron chi connectivity index (χ1n) is 7.10. The molecule has 1 aliphatic heterocycles. The number of anilines is 2. The van der Waals surface area contributed by atoms with Crippen LogP contribution in [0.2, 0.25) is 0 Å². The van der Waals surface area contributed by atoms with Gasteiger partial charge in [-0.3, -0.25) is 4.79 Å². The highest BCUT2D eigenvalue weighted by atomic mass is 35.5. The Kier molecular flexibility index (Phi) is 5.24. The van der Waals surface area contributed by atoms with E-state index in [0.29, 0.717) is 6.54 Å². The first-order chi connectivity index (χ1) is 10.5. The lowest BCUT2D eigenvalue weighted by Crippen LogP contribution is -2.19. The largest absolute Gasteiger partial charge is 0.481 e. The second-order valence-corrected chi connectivity index (χ2v) is 6.44. The Morgan fingerprint density at radius 2 is 1.96 bits per heavy atom. The van der Waals surface area contributed by atoms with Crippen molar-refractivity contribution in [2.24, 2.45) is 5.73 Å². The van der Waals surface area contributed by atoms with E-state index in [9.17, 15) is 4.79 Å². The van der Waals surface area contributed by atoms with Crippen molar-refractivity contribution in [3.05, 3.63) is 47.0 Å². The molecule has 0 aliphatic carbocycles. The molecule has 0 unspecified atom stereocenters. The van der Waals surface area contributed by atoms with E-state index in [-0.39, 0.29) is 18.8 Å². The van der Waals surface area contributed by atoms with E-state index in [0.717, 1.165) is 37.9 Å². The van der Waals surface area contributed by atoms with Crippen LogP contribution in [0.25, 0.3) is 0 Å². The van der Waals surface area contributed by atoms with Crippen molar-refractivity contribution < 1.29 is 9.90 Å². The van der Waals surface area contributed by atoms with Gasteiger partial charge < -0.3 is 15.7 Å². The highest BCUT2D eigenvalue weighted by Crippen LogP contribution is 2.51. The van der Waals surface area contributed by atoms with Gasteiger partial charge >= 0.3 is 5.97 Å². The molecule has 2 aromatic rings. The zero-order chi connectivity index (χ0) is 15.9. The van der Waals surface area contributed by atoms with Crippen LogP contribution in [0.5, 0.6) is 0 Å². The summed E-state index contributed by atoms with van der Waals surface area (Å²) in [6.07, 6.45) is 0.0313. The first-order valence-corrected chi connectivity index (χ1v) is 7.92. The number of aliphatic carboxylic acids is 1. The van der Waals surface area contributed by atoms with Gasteiger partial charge in [0.2, 0.25) is 0 Å². The normalized spacial score (nSPS) is 12.2. The summed E-state index contributed by atoms with van der Waals surface area (Å²) >= 11 is 1.64. The molecule has 1 aliphatic rings. The van der Waals surface area contributed by atoms with Crippen molar-refractivity contribution in [1.29, 1.82) is 0 Å². The summed E-state index contributed by atoms with van der Waals surface area (Å²) in [6.45, 7) is 2.53. The molecule has 23 heavy (non-hydrogen) atoms. The molecule has 0 amide bonds. The second-order valence-electron chi connectivity index (χ2n) is 5.42. The van der Waals surface area contributed by atoms with Gasteiger partial charge in [-0.05, 0) is 29.7 Å². The zero-order valence-electron chi connectivity index (χ0n) is 13.0. The number of nitrogens with zero attached hydrogens (tertiary/aromatic N) is 1. The molecule has 2 aromatic carbocycles. The molecular formula is C17H19ClN2O2S. The molecule has 0 saturated heterocycles. The predicted molar refractivity (Wildman–Crippen MR) is 96.3 cm³/mol. The first kappa shape index (κ1) is 17.7.